The first-order valence-electron chi connectivity index (χ1n) is 8.57. The predicted molar refractivity (Wildman–Crippen MR) is 116 cm³/mol. The van der Waals surface area contributed by atoms with Crippen molar-refractivity contribution in [2.45, 2.75) is 19.1 Å². The molecular formula is C22H20Br2O4. The second-order valence-electron chi connectivity index (χ2n) is 6.53. The Morgan fingerprint density at radius 2 is 1.46 bits per heavy atom. The van der Waals surface area contributed by atoms with Crippen LogP contribution in [0.15, 0.2) is 63.5 Å². The van der Waals surface area contributed by atoms with Crippen LogP contribution >= 0.6 is 31.9 Å². The number of aromatic hydroxyl groups is 1. The van der Waals surface area contributed by atoms with Crippen LogP contribution in [0, 0.1) is 6.92 Å². The Bertz CT molecular complexity index is 964. The van der Waals surface area contributed by atoms with Crippen LogP contribution < -0.4 is 4.74 Å². The molecule has 0 aliphatic carbocycles. The van der Waals surface area contributed by atoms with E-state index in [4.69, 9.17) is 4.74 Å². The zero-order valence-electron chi connectivity index (χ0n) is 15.4. The van der Waals surface area contributed by atoms with Crippen molar-refractivity contribution in [1.82, 2.24) is 0 Å². The van der Waals surface area contributed by atoms with Gasteiger partial charge in [0, 0.05) is 4.47 Å². The van der Waals surface area contributed by atoms with Crippen molar-refractivity contribution in [1.29, 1.82) is 0 Å². The standard InChI is InChI=1S/C22H20Br2O4/c1-13-3-5-17(11-20(13)26)22(27,15-6-4-14(12-25)18(23)9-15)16-7-8-21(28-2)19(24)10-16/h3-11,25-27H,12H2,1-2H3. The number of methoxy groups -OCH3 is 1. The van der Waals surface area contributed by atoms with Crippen LogP contribution in [0.2, 0.25) is 0 Å². The second kappa shape index (κ2) is 8.25. The summed E-state index contributed by atoms with van der Waals surface area (Å²) in [4.78, 5) is 0. The smallest absolute Gasteiger partial charge is 0.140 e. The molecular weight excluding hydrogens is 488 g/mol. The Labute approximate surface area is 180 Å². The molecule has 0 saturated heterocycles. The van der Waals surface area contributed by atoms with Crippen molar-refractivity contribution in [3.8, 4) is 11.5 Å². The van der Waals surface area contributed by atoms with Crippen LogP contribution in [0.3, 0.4) is 0 Å². The number of hydrogen-bond acceptors (Lipinski definition) is 4. The Morgan fingerprint density at radius 3 is 2.00 bits per heavy atom. The van der Waals surface area contributed by atoms with Crippen LogP contribution in [0.25, 0.3) is 0 Å². The molecule has 0 spiro atoms. The van der Waals surface area contributed by atoms with E-state index >= 15 is 0 Å². The van der Waals surface area contributed by atoms with Crippen molar-refractivity contribution in [3.63, 3.8) is 0 Å². The number of phenols is 1. The van der Waals surface area contributed by atoms with Gasteiger partial charge in [0.1, 0.15) is 17.1 Å². The molecule has 3 aromatic carbocycles. The number of halogens is 2. The first-order valence-corrected chi connectivity index (χ1v) is 10.2. The molecule has 0 radical (unpaired) electrons. The van der Waals surface area contributed by atoms with Gasteiger partial charge in [0.2, 0.25) is 0 Å². The molecule has 0 heterocycles. The highest BCUT2D eigenvalue weighted by atomic mass is 79.9. The summed E-state index contributed by atoms with van der Waals surface area (Å²) in [5.41, 5.74) is 1.63. The minimum atomic E-state index is -1.53. The molecule has 0 aromatic heterocycles. The number of phenolic OH excluding ortho intramolecular Hbond substituents is 1. The van der Waals surface area contributed by atoms with Crippen molar-refractivity contribution in [2.24, 2.45) is 0 Å². The van der Waals surface area contributed by atoms with Gasteiger partial charge >= 0.3 is 0 Å². The molecule has 146 valence electrons. The molecule has 4 nitrogen and oxygen atoms in total. The summed E-state index contributed by atoms with van der Waals surface area (Å²) in [7, 11) is 1.58. The van der Waals surface area contributed by atoms with Gasteiger partial charge in [0.25, 0.3) is 0 Å². The Hall–Kier alpha value is -1.86. The molecule has 0 bridgehead atoms. The average Bonchev–Trinajstić information content (AvgIpc) is 2.69. The van der Waals surface area contributed by atoms with Crippen molar-refractivity contribution < 1.29 is 20.1 Å². The maximum Gasteiger partial charge on any atom is 0.140 e. The highest BCUT2D eigenvalue weighted by Gasteiger charge is 2.35. The molecule has 3 rings (SSSR count). The largest absolute Gasteiger partial charge is 0.508 e. The van der Waals surface area contributed by atoms with Crippen molar-refractivity contribution >= 4 is 31.9 Å². The SMILES string of the molecule is COc1ccc(C(O)(c2ccc(C)c(O)c2)c2ccc(CO)c(Br)c2)cc1Br. The molecule has 28 heavy (non-hydrogen) atoms. The predicted octanol–water partition coefficient (Wildman–Crippen LogP) is 5.01. The Morgan fingerprint density at radius 1 is 0.893 bits per heavy atom. The van der Waals surface area contributed by atoms with Crippen molar-refractivity contribution in [2.75, 3.05) is 7.11 Å². The lowest BCUT2D eigenvalue weighted by atomic mass is 9.80. The molecule has 0 saturated carbocycles. The Balaban J connectivity index is 2.28. The normalized spacial score (nSPS) is 13.2. The zero-order valence-corrected chi connectivity index (χ0v) is 18.6. The number of aryl methyl sites for hydroxylation is 1. The quantitative estimate of drug-likeness (QED) is 0.424. The minimum absolute atomic E-state index is 0.106. The van der Waals surface area contributed by atoms with Crippen LogP contribution in [0.1, 0.15) is 27.8 Å². The van der Waals surface area contributed by atoms with E-state index in [0.717, 1.165) is 5.56 Å². The van der Waals surface area contributed by atoms with E-state index in [1.54, 1.807) is 68.6 Å². The van der Waals surface area contributed by atoms with E-state index in [-0.39, 0.29) is 12.4 Å². The van der Waals surface area contributed by atoms with E-state index in [1.165, 1.54) is 0 Å². The zero-order chi connectivity index (χ0) is 20.5. The van der Waals surface area contributed by atoms with Gasteiger partial charge in [-0.3, -0.25) is 0 Å². The summed E-state index contributed by atoms with van der Waals surface area (Å²) < 4.78 is 6.70. The van der Waals surface area contributed by atoms with Gasteiger partial charge in [-0.15, -0.1) is 0 Å². The lowest BCUT2D eigenvalue weighted by Crippen LogP contribution is -2.29. The molecule has 3 aromatic rings. The highest BCUT2D eigenvalue weighted by molar-refractivity contribution is 9.10. The summed E-state index contributed by atoms with van der Waals surface area (Å²) in [6.45, 7) is 1.69. The molecule has 0 amide bonds. The number of ether oxygens (including phenoxy) is 1. The molecule has 6 heteroatoms. The highest BCUT2D eigenvalue weighted by Crippen LogP contribution is 2.41. The van der Waals surface area contributed by atoms with E-state index in [1.807, 2.05) is 0 Å². The maximum absolute atomic E-state index is 12.0. The third-order valence-electron chi connectivity index (χ3n) is 4.84. The van der Waals surface area contributed by atoms with Crippen molar-refractivity contribution in [3.05, 3.63) is 91.4 Å². The number of aliphatic hydroxyl groups excluding tert-OH is 1. The molecule has 0 fully saturated rings. The molecule has 1 unspecified atom stereocenters. The first-order chi connectivity index (χ1) is 13.3. The van der Waals surface area contributed by atoms with Gasteiger partial charge < -0.3 is 20.1 Å². The lowest BCUT2D eigenvalue weighted by Gasteiger charge is -2.31. The van der Waals surface area contributed by atoms with Gasteiger partial charge in [-0.25, -0.2) is 0 Å². The second-order valence-corrected chi connectivity index (χ2v) is 8.23. The van der Waals surface area contributed by atoms with E-state index in [0.29, 0.717) is 36.9 Å². The fourth-order valence-electron chi connectivity index (χ4n) is 3.13. The van der Waals surface area contributed by atoms with Gasteiger partial charge in [0.05, 0.1) is 18.2 Å². The van der Waals surface area contributed by atoms with E-state index in [9.17, 15) is 15.3 Å². The fraction of sp³-hybridized carbons (Fsp3) is 0.182. The number of benzene rings is 3. The van der Waals surface area contributed by atoms with Gasteiger partial charge in [-0.2, -0.15) is 0 Å². The summed E-state index contributed by atoms with van der Waals surface area (Å²) in [6, 6.07) is 15.8. The van der Waals surface area contributed by atoms with Crippen LogP contribution in [0.4, 0.5) is 0 Å². The summed E-state index contributed by atoms with van der Waals surface area (Å²) in [5.74, 6) is 0.754. The number of rotatable bonds is 5. The summed E-state index contributed by atoms with van der Waals surface area (Å²) in [5, 5.41) is 31.7. The van der Waals surface area contributed by atoms with E-state index < -0.39 is 5.60 Å². The third kappa shape index (κ3) is 3.70. The third-order valence-corrected chi connectivity index (χ3v) is 6.20. The molecule has 0 aliphatic heterocycles. The van der Waals surface area contributed by atoms with Crippen LogP contribution in [-0.4, -0.2) is 22.4 Å². The number of aliphatic hydroxyl groups is 2. The maximum atomic E-state index is 12.0. The van der Waals surface area contributed by atoms with Crippen LogP contribution in [0.5, 0.6) is 11.5 Å². The molecule has 1 atom stereocenters. The summed E-state index contributed by atoms with van der Waals surface area (Å²) >= 11 is 6.94. The monoisotopic (exact) mass is 506 g/mol. The fourth-order valence-corrected chi connectivity index (χ4v) is 4.17. The topological polar surface area (TPSA) is 69.9 Å². The van der Waals surface area contributed by atoms with Gasteiger partial charge in [-0.1, -0.05) is 46.3 Å². The number of hydrogen-bond donors (Lipinski definition) is 3. The van der Waals surface area contributed by atoms with Gasteiger partial charge in [-0.05, 0) is 74.9 Å². The Kier molecular flexibility index (Phi) is 6.15. The summed E-state index contributed by atoms with van der Waals surface area (Å²) in [6.07, 6.45) is 0. The lowest BCUT2D eigenvalue weighted by molar-refractivity contribution is 0.125. The van der Waals surface area contributed by atoms with Gasteiger partial charge in [0.15, 0.2) is 0 Å². The van der Waals surface area contributed by atoms with Crippen LogP contribution in [-0.2, 0) is 12.2 Å². The van der Waals surface area contributed by atoms with E-state index in [2.05, 4.69) is 31.9 Å². The minimum Gasteiger partial charge on any atom is -0.508 e. The average molecular weight is 508 g/mol. The first kappa shape index (κ1) is 20.9. The molecule has 3 N–H and O–H groups in total. The molecule has 0 aliphatic rings.